The van der Waals surface area contributed by atoms with Gasteiger partial charge >= 0.3 is 0 Å². The molecule has 112 valence electrons. The molecule has 2 rings (SSSR count). The van der Waals surface area contributed by atoms with Crippen LogP contribution in [0.4, 0.5) is 5.69 Å². The molecule has 3 N–H and O–H groups in total. The molecular formula is C14H21BrN2O2S. The largest absolute Gasteiger partial charge is 0.398 e. The summed E-state index contributed by atoms with van der Waals surface area (Å²) in [6.07, 6.45) is 7.29. The number of sulfonamides is 1. The van der Waals surface area contributed by atoms with Crippen molar-refractivity contribution in [2.45, 2.75) is 43.4 Å². The quantitative estimate of drug-likeness (QED) is 0.603. The first-order chi connectivity index (χ1) is 9.49. The molecule has 0 spiro atoms. The Bertz CT molecular complexity index is 554. The minimum absolute atomic E-state index is 0.249. The molecule has 1 aliphatic rings. The number of nitrogens with one attached hydrogen (secondary N) is 1. The topological polar surface area (TPSA) is 72.2 Å². The van der Waals surface area contributed by atoms with Gasteiger partial charge < -0.3 is 5.73 Å². The van der Waals surface area contributed by atoms with Gasteiger partial charge in [0.15, 0.2) is 0 Å². The average molecular weight is 361 g/mol. The third kappa shape index (κ3) is 4.20. The summed E-state index contributed by atoms with van der Waals surface area (Å²) in [5.74, 6) is 0.796. The second-order valence-corrected chi connectivity index (χ2v) is 8.00. The Morgan fingerprint density at radius 3 is 2.65 bits per heavy atom. The summed E-state index contributed by atoms with van der Waals surface area (Å²) < 4.78 is 27.5. The zero-order chi connectivity index (χ0) is 14.6. The molecule has 0 amide bonds. The highest BCUT2D eigenvalue weighted by molar-refractivity contribution is 9.10. The van der Waals surface area contributed by atoms with Gasteiger partial charge in [0.25, 0.3) is 0 Å². The van der Waals surface area contributed by atoms with E-state index in [4.69, 9.17) is 5.73 Å². The molecule has 0 heterocycles. The molecule has 0 saturated heterocycles. The lowest BCUT2D eigenvalue weighted by Crippen LogP contribution is -2.25. The van der Waals surface area contributed by atoms with Crippen LogP contribution in [0.1, 0.15) is 38.5 Å². The molecule has 20 heavy (non-hydrogen) atoms. The van der Waals surface area contributed by atoms with E-state index in [2.05, 4.69) is 20.7 Å². The molecular weight excluding hydrogens is 340 g/mol. The molecule has 0 bridgehead atoms. The SMILES string of the molecule is Nc1ccc(S(=O)(=O)NCCCC2CCCC2)cc1Br. The first kappa shape index (κ1) is 15.8. The number of nitrogen functional groups attached to an aromatic ring is 1. The fourth-order valence-electron chi connectivity index (χ4n) is 2.65. The average Bonchev–Trinajstić information content (AvgIpc) is 2.91. The molecule has 4 nitrogen and oxygen atoms in total. The molecule has 1 aromatic carbocycles. The third-order valence-electron chi connectivity index (χ3n) is 3.84. The second-order valence-electron chi connectivity index (χ2n) is 5.37. The maximum atomic E-state index is 12.1. The van der Waals surface area contributed by atoms with Crippen LogP contribution in [0.2, 0.25) is 0 Å². The summed E-state index contributed by atoms with van der Waals surface area (Å²) in [7, 11) is -3.43. The number of rotatable bonds is 6. The van der Waals surface area contributed by atoms with Crippen molar-refractivity contribution in [3.63, 3.8) is 0 Å². The van der Waals surface area contributed by atoms with Crippen LogP contribution in [-0.4, -0.2) is 15.0 Å². The van der Waals surface area contributed by atoms with Gasteiger partial charge in [0.2, 0.25) is 10.0 Å². The molecule has 0 radical (unpaired) electrons. The molecule has 6 heteroatoms. The van der Waals surface area contributed by atoms with Crippen molar-refractivity contribution in [1.82, 2.24) is 4.72 Å². The summed E-state index contributed by atoms with van der Waals surface area (Å²) in [6, 6.07) is 4.66. The molecule has 1 aliphatic carbocycles. The molecule has 0 aliphatic heterocycles. The lowest BCUT2D eigenvalue weighted by molar-refractivity contribution is 0.480. The predicted molar refractivity (Wildman–Crippen MR) is 84.9 cm³/mol. The predicted octanol–water partition coefficient (Wildman–Crippen LogP) is 3.28. The molecule has 1 saturated carbocycles. The van der Waals surface area contributed by atoms with E-state index in [-0.39, 0.29) is 4.90 Å². The summed E-state index contributed by atoms with van der Waals surface area (Å²) in [5, 5.41) is 0. The maximum Gasteiger partial charge on any atom is 0.240 e. The lowest BCUT2D eigenvalue weighted by atomic mass is 10.0. The van der Waals surface area contributed by atoms with E-state index in [0.29, 0.717) is 16.7 Å². The van der Waals surface area contributed by atoms with Crippen LogP contribution in [-0.2, 0) is 10.0 Å². The highest BCUT2D eigenvalue weighted by Gasteiger charge is 2.17. The second kappa shape index (κ2) is 6.91. The summed E-state index contributed by atoms with van der Waals surface area (Å²) in [5.41, 5.74) is 6.19. The van der Waals surface area contributed by atoms with Crippen molar-refractivity contribution >= 4 is 31.6 Å². The van der Waals surface area contributed by atoms with Gasteiger partial charge in [-0.15, -0.1) is 0 Å². The number of hydrogen-bond donors (Lipinski definition) is 2. The van der Waals surface area contributed by atoms with Gasteiger partial charge in [-0.3, -0.25) is 0 Å². The number of benzene rings is 1. The van der Waals surface area contributed by atoms with E-state index in [1.165, 1.54) is 37.8 Å². The smallest absolute Gasteiger partial charge is 0.240 e. The molecule has 0 atom stereocenters. The van der Waals surface area contributed by atoms with Crippen LogP contribution in [0.3, 0.4) is 0 Å². The highest BCUT2D eigenvalue weighted by atomic mass is 79.9. The standard InChI is InChI=1S/C14H21BrN2O2S/c15-13-10-12(7-8-14(13)16)20(18,19)17-9-3-6-11-4-1-2-5-11/h7-8,10-11,17H,1-6,9,16H2. The summed E-state index contributed by atoms with van der Waals surface area (Å²) in [4.78, 5) is 0.249. The van der Waals surface area contributed by atoms with E-state index in [1.54, 1.807) is 6.07 Å². The van der Waals surface area contributed by atoms with E-state index in [1.807, 2.05) is 0 Å². The van der Waals surface area contributed by atoms with Crippen LogP contribution in [0.25, 0.3) is 0 Å². The number of hydrogen-bond acceptors (Lipinski definition) is 3. The number of anilines is 1. The van der Waals surface area contributed by atoms with E-state index >= 15 is 0 Å². The first-order valence-electron chi connectivity index (χ1n) is 7.04. The van der Waals surface area contributed by atoms with Gasteiger partial charge in [-0.05, 0) is 52.9 Å². The minimum atomic E-state index is -3.43. The van der Waals surface area contributed by atoms with Gasteiger partial charge in [-0.2, -0.15) is 0 Å². The van der Waals surface area contributed by atoms with Crippen molar-refractivity contribution in [1.29, 1.82) is 0 Å². The molecule has 1 fully saturated rings. The Balaban J connectivity index is 1.85. The van der Waals surface area contributed by atoms with Gasteiger partial charge in [-0.25, -0.2) is 13.1 Å². The maximum absolute atomic E-state index is 12.1. The highest BCUT2D eigenvalue weighted by Crippen LogP contribution is 2.28. The van der Waals surface area contributed by atoms with Gasteiger partial charge in [0.05, 0.1) is 4.90 Å². The number of halogens is 1. The van der Waals surface area contributed by atoms with Crippen LogP contribution in [0.15, 0.2) is 27.6 Å². The summed E-state index contributed by atoms with van der Waals surface area (Å²) >= 11 is 3.25. The lowest BCUT2D eigenvalue weighted by Gasteiger charge is -2.10. The zero-order valence-corrected chi connectivity index (χ0v) is 13.8. The van der Waals surface area contributed by atoms with Crippen LogP contribution < -0.4 is 10.5 Å². The van der Waals surface area contributed by atoms with Crippen LogP contribution >= 0.6 is 15.9 Å². The Hall–Kier alpha value is -0.590. The first-order valence-corrected chi connectivity index (χ1v) is 9.31. The minimum Gasteiger partial charge on any atom is -0.398 e. The summed E-state index contributed by atoms with van der Waals surface area (Å²) in [6.45, 7) is 0.501. The number of nitrogens with two attached hydrogens (primary N) is 1. The molecule has 0 aromatic heterocycles. The fraction of sp³-hybridized carbons (Fsp3) is 0.571. The third-order valence-corrected chi connectivity index (χ3v) is 5.98. The molecule has 0 unspecified atom stereocenters. The van der Waals surface area contributed by atoms with Crippen molar-refractivity contribution in [2.75, 3.05) is 12.3 Å². The van der Waals surface area contributed by atoms with Crippen molar-refractivity contribution < 1.29 is 8.42 Å². The van der Waals surface area contributed by atoms with Crippen molar-refractivity contribution in [3.05, 3.63) is 22.7 Å². The molecule has 1 aromatic rings. The van der Waals surface area contributed by atoms with Gasteiger partial charge in [-0.1, -0.05) is 25.7 Å². The Morgan fingerprint density at radius 1 is 1.30 bits per heavy atom. The van der Waals surface area contributed by atoms with E-state index in [0.717, 1.165) is 18.8 Å². The Kier molecular flexibility index (Phi) is 5.46. The monoisotopic (exact) mass is 360 g/mol. The van der Waals surface area contributed by atoms with Crippen molar-refractivity contribution in [3.8, 4) is 0 Å². The zero-order valence-electron chi connectivity index (χ0n) is 11.4. The fourth-order valence-corrected chi connectivity index (χ4v) is 4.28. The van der Waals surface area contributed by atoms with Gasteiger partial charge in [0.1, 0.15) is 0 Å². The Labute approximate surface area is 129 Å². The Morgan fingerprint density at radius 2 is 2.00 bits per heavy atom. The van der Waals surface area contributed by atoms with Crippen LogP contribution in [0, 0.1) is 5.92 Å². The van der Waals surface area contributed by atoms with Crippen molar-refractivity contribution in [2.24, 2.45) is 5.92 Å². The van der Waals surface area contributed by atoms with Gasteiger partial charge in [0, 0.05) is 16.7 Å². The van der Waals surface area contributed by atoms with E-state index in [9.17, 15) is 8.42 Å². The normalized spacial score (nSPS) is 16.6. The van der Waals surface area contributed by atoms with Crippen LogP contribution in [0.5, 0.6) is 0 Å². The van der Waals surface area contributed by atoms with E-state index < -0.39 is 10.0 Å².